The van der Waals surface area contributed by atoms with Gasteiger partial charge in [-0.3, -0.25) is 0 Å². The predicted octanol–water partition coefficient (Wildman–Crippen LogP) is 3.29. The lowest BCUT2D eigenvalue weighted by Crippen LogP contribution is -2.80. The largest absolute Gasteiger partial charge is 0.455 e. The average molecular weight is 457 g/mol. The molecule has 176 valence electrons. The number of hydrogen-bond donors (Lipinski definition) is 1. The van der Waals surface area contributed by atoms with E-state index in [4.69, 9.17) is 4.42 Å². The van der Waals surface area contributed by atoms with Crippen molar-refractivity contribution in [1.82, 2.24) is 0 Å². The number of benzene rings is 2. The number of fused-ring (bicyclic) bond motifs is 4. The summed E-state index contributed by atoms with van der Waals surface area (Å²) in [5.74, 6) is 0.109. The molecule has 2 aromatic carbocycles. The number of carbonyl (C=O) groups excluding carboxylic acids is 1. The molecule has 0 unspecified atom stereocenters. The van der Waals surface area contributed by atoms with Crippen LogP contribution in [-0.2, 0) is 30.5 Å². The highest BCUT2D eigenvalue weighted by Crippen LogP contribution is 2.43. The zero-order valence-corrected chi connectivity index (χ0v) is 20.3. The second-order valence-electron chi connectivity index (χ2n) is 10.6. The van der Waals surface area contributed by atoms with Gasteiger partial charge in [-0.1, -0.05) is 6.92 Å². The van der Waals surface area contributed by atoms with Crippen LogP contribution in [0.4, 0.5) is 11.4 Å². The Kier molecular flexibility index (Phi) is 4.75. The van der Waals surface area contributed by atoms with Crippen molar-refractivity contribution in [2.75, 3.05) is 36.0 Å². The molecule has 4 aliphatic rings. The summed E-state index contributed by atoms with van der Waals surface area (Å²) >= 11 is 0. The molecule has 1 N–H and O–H groups in total. The van der Waals surface area contributed by atoms with Crippen molar-refractivity contribution in [3.8, 4) is 0 Å². The third-order valence-electron chi connectivity index (χ3n) is 8.43. The minimum Gasteiger partial charge on any atom is -0.455 e. The van der Waals surface area contributed by atoms with Gasteiger partial charge in [0.1, 0.15) is 11.2 Å². The maximum Gasteiger partial charge on any atom is 0.385 e. The van der Waals surface area contributed by atoms with Crippen LogP contribution < -0.4 is 20.1 Å². The van der Waals surface area contributed by atoms with E-state index in [1.807, 2.05) is 0 Å². The summed E-state index contributed by atoms with van der Waals surface area (Å²) in [6.45, 7) is 6.65. The first-order chi connectivity index (χ1) is 16.7. The van der Waals surface area contributed by atoms with E-state index in [0.717, 1.165) is 85.6 Å². The van der Waals surface area contributed by atoms with Gasteiger partial charge in [0, 0.05) is 48.7 Å². The molecule has 4 aliphatic heterocycles. The Labute approximate surface area is 200 Å². The third-order valence-corrected chi connectivity index (χ3v) is 8.43. The highest BCUT2D eigenvalue weighted by atomic mass is 16.3. The molecule has 1 amide bonds. The van der Waals surface area contributed by atoms with Gasteiger partial charge in [0.2, 0.25) is 5.36 Å². The van der Waals surface area contributed by atoms with E-state index in [1.165, 1.54) is 59.3 Å². The van der Waals surface area contributed by atoms with Crippen LogP contribution in [0, 0.1) is 0 Å². The SMILES string of the molecule is CCCC(=O)[NH+]=c1c2cc3c4c(c2oc2c5c6c(cc12)CCCN6CCC5)CCCN4CCC3. The molecular formula is C29H34N3O2+. The van der Waals surface area contributed by atoms with Gasteiger partial charge in [0.05, 0.1) is 17.2 Å². The van der Waals surface area contributed by atoms with Crippen LogP contribution in [0.15, 0.2) is 16.5 Å². The quantitative estimate of drug-likeness (QED) is 0.602. The molecule has 0 radical (unpaired) electrons. The number of hydrogen-bond acceptors (Lipinski definition) is 4. The Morgan fingerprint density at radius 1 is 0.824 bits per heavy atom. The van der Waals surface area contributed by atoms with Crippen LogP contribution in [-0.4, -0.2) is 32.1 Å². The Morgan fingerprint density at radius 2 is 1.32 bits per heavy atom. The second-order valence-corrected chi connectivity index (χ2v) is 10.6. The van der Waals surface area contributed by atoms with Crippen molar-refractivity contribution in [3.63, 3.8) is 0 Å². The molecule has 0 fully saturated rings. The minimum atomic E-state index is 0.109. The van der Waals surface area contributed by atoms with Crippen LogP contribution in [0.2, 0.25) is 0 Å². The summed E-state index contributed by atoms with van der Waals surface area (Å²) in [5.41, 5.74) is 10.5. The lowest BCUT2D eigenvalue weighted by atomic mass is 9.87. The van der Waals surface area contributed by atoms with E-state index in [1.54, 1.807) is 0 Å². The van der Waals surface area contributed by atoms with Crippen molar-refractivity contribution in [2.45, 2.75) is 71.1 Å². The highest BCUT2D eigenvalue weighted by Gasteiger charge is 2.32. The number of carbonyl (C=O) groups is 1. The van der Waals surface area contributed by atoms with Gasteiger partial charge < -0.3 is 14.2 Å². The molecule has 0 atom stereocenters. The molecule has 5 nitrogen and oxygen atoms in total. The summed E-state index contributed by atoms with van der Waals surface area (Å²) in [4.78, 5) is 21.5. The van der Waals surface area contributed by atoms with E-state index >= 15 is 0 Å². The van der Waals surface area contributed by atoms with Crippen molar-refractivity contribution in [2.24, 2.45) is 0 Å². The normalized spacial score (nSPS) is 18.7. The summed E-state index contributed by atoms with van der Waals surface area (Å²) in [6.07, 6.45) is 10.5. The van der Waals surface area contributed by atoms with Crippen LogP contribution in [0.3, 0.4) is 0 Å². The van der Waals surface area contributed by atoms with Crippen molar-refractivity contribution in [1.29, 1.82) is 0 Å². The van der Waals surface area contributed by atoms with Gasteiger partial charge in [-0.25, -0.2) is 4.79 Å². The third kappa shape index (κ3) is 2.98. The molecule has 0 saturated heterocycles. The lowest BCUT2D eigenvalue weighted by Gasteiger charge is -2.38. The molecule has 3 aromatic rings. The predicted molar refractivity (Wildman–Crippen MR) is 135 cm³/mol. The maximum atomic E-state index is 13.0. The maximum absolute atomic E-state index is 13.0. The van der Waals surface area contributed by atoms with E-state index in [-0.39, 0.29) is 5.91 Å². The number of nitrogens with one attached hydrogen (secondary N) is 1. The van der Waals surface area contributed by atoms with Crippen LogP contribution >= 0.6 is 0 Å². The van der Waals surface area contributed by atoms with Gasteiger partial charge in [0.25, 0.3) is 0 Å². The lowest BCUT2D eigenvalue weighted by molar-refractivity contribution is -0.415. The van der Waals surface area contributed by atoms with Crippen LogP contribution in [0.5, 0.6) is 0 Å². The molecule has 0 spiro atoms. The molecule has 5 heteroatoms. The number of rotatable bonds is 2. The number of nitrogens with zero attached hydrogens (tertiary/aromatic N) is 2. The van der Waals surface area contributed by atoms with Gasteiger partial charge >= 0.3 is 5.91 Å². The summed E-state index contributed by atoms with van der Waals surface area (Å²) in [5, 5.41) is 3.19. The molecule has 0 aliphatic carbocycles. The van der Waals surface area contributed by atoms with Crippen LogP contribution in [0.25, 0.3) is 21.9 Å². The standard InChI is InChI=1S/C29H33N3O2/c1-2-7-24(33)30-25-22-16-18-8-3-12-31-14-5-10-20(26(18)31)28(22)34-29-21-11-6-15-32-13-4-9-19(27(21)32)17-23(25)29/h16-17H,2-15H2,1H3/p+1. The molecule has 0 saturated carbocycles. The summed E-state index contributed by atoms with van der Waals surface area (Å²) in [6, 6.07) is 4.68. The van der Waals surface area contributed by atoms with Crippen molar-refractivity contribution < 1.29 is 14.2 Å². The fourth-order valence-electron chi connectivity index (χ4n) is 7.08. The molecule has 5 heterocycles. The Hall–Kier alpha value is -2.82. The number of anilines is 2. The zero-order chi connectivity index (χ0) is 22.8. The van der Waals surface area contributed by atoms with Gasteiger partial charge in [-0.15, -0.1) is 0 Å². The molecule has 7 rings (SSSR count). The first-order valence-electron chi connectivity index (χ1n) is 13.5. The Morgan fingerprint density at radius 3 is 1.82 bits per heavy atom. The van der Waals surface area contributed by atoms with Crippen molar-refractivity contribution >= 4 is 39.2 Å². The molecular weight excluding hydrogens is 422 g/mol. The first kappa shape index (κ1) is 20.5. The minimum absolute atomic E-state index is 0.109. The molecule has 1 aromatic heterocycles. The average Bonchev–Trinajstić information content (AvgIpc) is 2.86. The number of aryl methyl sites for hydroxylation is 4. The van der Waals surface area contributed by atoms with Crippen LogP contribution in [0.1, 0.15) is 67.7 Å². The van der Waals surface area contributed by atoms with E-state index in [2.05, 4.69) is 33.8 Å². The fourth-order valence-corrected chi connectivity index (χ4v) is 7.08. The fraction of sp³-hybridized carbons (Fsp3) is 0.517. The monoisotopic (exact) mass is 456 g/mol. The summed E-state index contributed by atoms with van der Waals surface area (Å²) < 4.78 is 6.96. The Balaban J connectivity index is 1.64. The Bertz CT molecular complexity index is 1320. The smallest absolute Gasteiger partial charge is 0.385 e. The van der Waals surface area contributed by atoms with Gasteiger partial charge in [0.15, 0.2) is 0 Å². The van der Waals surface area contributed by atoms with E-state index < -0.39 is 0 Å². The van der Waals surface area contributed by atoms with E-state index in [9.17, 15) is 4.79 Å². The topological polar surface area (TPSA) is 50.7 Å². The molecule has 34 heavy (non-hydrogen) atoms. The number of amides is 1. The molecule has 0 bridgehead atoms. The summed E-state index contributed by atoms with van der Waals surface area (Å²) in [7, 11) is 0. The second kappa shape index (κ2) is 7.86. The van der Waals surface area contributed by atoms with Crippen molar-refractivity contribution in [3.05, 3.63) is 39.7 Å². The van der Waals surface area contributed by atoms with Gasteiger partial charge in [-0.2, -0.15) is 4.99 Å². The van der Waals surface area contributed by atoms with E-state index in [0.29, 0.717) is 6.42 Å². The van der Waals surface area contributed by atoms with Gasteiger partial charge in [-0.05, 0) is 81.0 Å². The zero-order valence-electron chi connectivity index (χ0n) is 20.3. The highest BCUT2D eigenvalue weighted by molar-refractivity contribution is 5.98. The first-order valence-corrected chi connectivity index (χ1v) is 13.5.